The van der Waals surface area contributed by atoms with Gasteiger partial charge in [-0.15, -0.1) is 0 Å². The first-order valence-electron chi connectivity index (χ1n) is 4.76. The largest absolute Gasteiger partial charge is 0.462 e. The third kappa shape index (κ3) is 3.53. The Hall–Kier alpha value is -1.06. The second-order valence-corrected chi connectivity index (χ2v) is 3.66. The summed E-state index contributed by atoms with van der Waals surface area (Å²) in [5.74, 6) is -0.369. The predicted molar refractivity (Wildman–Crippen MR) is 59.4 cm³/mol. The van der Waals surface area contributed by atoms with Crippen LogP contribution in [0.3, 0.4) is 0 Å². The van der Waals surface area contributed by atoms with Gasteiger partial charge in [0.25, 0.3) is 0 Å². The van der Waals surface area contributed by atoms with Crippen LogP contribution in [0.4, 0.5) is 0 Å². The quantitative estimate of drug-likeness (QED) is 0.634. The zero-order valence-corrected chi connectivity index (χ0v) is 9.49. The first kappa shape index (κ1) is 12.0. The van der Waals surface area contributed by atoms with Crippen molar-refractivity contribution in [1.82, 2.24) is 4.84 Å². The number of nitrogens with one attached hydrogen (secondary N) is 1. The van der Waals surface area contributed by atoms with Gasteiger partial charge in [-0.3, -0.25) is 0 Å². The molecule has 1 rings (SSSR count). The number of carbonyl (C=O) groups is 1. The van der Waals surface area contributed by atoms with Crippen LogP contribution in [-0.2, 0) is 9.53 Å². The Bertz CT molecular complexity index is 314. The fourth-order valence-electron chi connectivity index (χ4n) is 1.19. The molecule has 15 heavy (non-hydrogen) atoms. The molecule has 0 saturated heterocycles. The van der Waals surface area contributed by atoms with E-state index < -0.39 is 6.04 Å². The summed E-state index contributed by atoms with van der Waals surface area (Å²) in [7, 11) is 0. The molecule has 0 aliphatic carbocycles. The highest BCUT2D eigenvalue weighted by molar-refractivity contribution is 6.14. The molecule has 0 radical (unpaired) electrons. The molecule has 0 spiro atoms. The molecule has 1 unspecified atom stereocenters. The molecule has 0 aliphatic rings. The Morgan fingerprint density at radius 2 is 1.93 bits per heavy atom. The number of esters is 1. The maximum Gasteiger partial charge on any atom is 0.329 e. The van der Waals surface area contributed by atoms with Gasteiger partial charge in [0.2, 0.25) is 0 Å². The van der Waals surface area contributed by atoms with E-state index >= 15 is 0 Å². The van der Waals surface area contributed by atoms with Crippen LogP contribution in [0.25, 0.3) is 0 Å². The number of hydrogen-bond donors (Lipinski definition) is 1. The Morgan fingerprint density at radius 3 is 2.40 bits per heavy atom. The summed E-state index contributed by atoms with van der Waals surface area (Å²) >= 11 is 5.53. The van der Waals surface area contributed by atoms with Crippen LogP contribution >= 0.6 is 11.8 Å². The minimum Gasteiger partial charge on any atom is -0.462 e. The van der Waals surface area contributed by atoms with Crippen molar-refractivity contribution >= 4 is 17.7 Å². The zero-order valence-electron chi connectivity index (χ0n) is 8.74. The maximum absolute atomic E-state index is 11.6. The lowest BCUT2D eigenvalue weighted by molar-refractivity contribution is -0.149. The van der Waals surface area contributed by atoms with E-state index in [1.165, 1.54) is 0 Å². The fourth-order valence-corrected chi connectivity index (χ4v) is 1.40. The second-order valence-electron chi connectivity index (χ2n) is 3.44. The van der Waals surface area contributed by atoms with Crippen LogP contribution in [-0.4, -0.2) is 12.1 Å². The average molecular weight is 228 g/mol. The molecule has 0 bridgehead atoms. The van der Waals surface area contributed by atoms with Crippen molar-refractivity contribution in [1.29, 1.82) is 0 Å². The molecule has 1 N–H and O–H groups in total. The van der Waals surface area contributed by atoms with Crippen molar-refractivity contribution in [2.75, 3.05) is 0 Å². The molecule has 0 amide bonds. The molecule has 3 nitrogen and oxygen atoms in total. The molecular weight excluding hydrogens is 214 g/mol. The average Bonchev–Trinajstić information content (AvgIpc) is 2.19. The van der Waals surface area contributed by atoms with Crippen molar-refractivity contribution in [3.05, 3.63) is 35.9 Å². The minimum absolute atomic E-state index is 0.145. The Morgan fingerprint density at radius 1 is 1.33 bits per heavy atom. The fraction of sp³-hybridized carbons (Fsp3) is 0.364. The molecule has 0 saturated carbocycles. The topological polar surface area (TPSA) is 38.3 Å². The van der Waals surface area contributed by atoms with Gasteiger partial charge in [-0.2, -0.15) is 0 Å². The SMILES string of the molecule is CC(C)OC(=O)C(NCl)c1ccccc1. The zero-order chi connectivity index (χ0) is 11.3. The summed E-state index contributed by atoms with van der Waals surface area (Å²) in [4.78, 5) is 14.0. The van der Waals surface area contributed by atoms with E-state index in [4.69, 9.17) is 16.5 Å². The van der Waals surface area contributed by atoms with Crippen molar-refractivity contribution < 1.29 is 9.53 Å². The maximum atomic E-state index is 11.6. The van der Waals surface area contributed by atoms with E-state index in [0.717, 1.165) is 5.56 Å². The van der Waals surface area contributed by atoms with Gasteiger partial charge < -0.3 is 4.74 Å². The second kappa shape index (κ2) is 5.73. The molecule has 1 aromatic carbocycles. The van der Waals surface area contributed by atoms with Gasteiger partial charge in [0.15, 0.2) is 0 Å². The summed E-state index contributed by atoms with van der Waals surface area (Å²) in [5, 5.41) is 0. The number of rotatable bonds is 4. The first-order valence-corrected chi connectivity index (χ1v) is 5.14. The minimum atomic E-state index is -0.615. The summed E-state index contributed by atoms with van der Waals surface area (Å²) < 4.78 is 5.07. The highest BCUT2D eigenvalue weighted by Gasteiger charge is 2.21. The summed E-state index contributed by atoms with van der Waals surface area (Å²) in [6, 6.07) is 8.60. The van der Waals surface area contributed by atoms with Crippen LogP contribution < -0.4 is 4.84 Å². The molecule has 0 heterocycles. The van der Waals surface area contributed by atoms with Gasteiger partial charge in [-0.05, 0) is 31.2 Å². The van der Waals surface area contributed by atoms with Gasteiger partial charge >= 0.3 is 5.97 Å². The molecular formula is C11H14ClNO2. The van der Waals surface area contributed by atoms with E-state index in [-0.39, 0.29) is 12.1 Å². The van der Waals surface area contributed by atoms with E-state index in [2.05, 4.69) is 4.84 Å². The third-order valence-corrected chi connectivity index (χ3v) is 2.05. The van der Waals surface area contributed by atoms with Crippen molar-refractivity contribution in [3.8, 4) is 0 Å². The smallest absolute Gasteiger partial charge is 0.329 e. The van der Waals surface area contributed by atoms with Crippen molar-refractivity contribution in [2.45, 2.75) is 26.0 Å². The highest BCUT2D eigenvalue weighted by atomic mass is 35.5. The number of ether oxygens (including phenoxy) is 1. The van der Waals surface area contributed by atoms with Crippen molar-refractivity contribution in [3.63, 3.8) is 0 Å². The normalized spacial score (nSPS) is 12.5. The lowest BCUT2D eigenvalue weighted by atomic mass is 10.1. The van der Waals surface area contributed by atoms with E-state index in [9.17, 15) is 4.79 Å². The van der Waals surface area contributed by atoms with E-state index in [1.54, 1.807) is 13.8 Å². The van der Waals surface area contributed by atoms with Gasteiger partial charge in [-0.25, -0.2) is 9.63 Å². The monoisotopic (exact) mass is 227 g/mol. The number of halogens is 1. The van der Waals surface area contributed by atoms with Gasteiger partial charge in [0, 0.05) is 0 Å². The molecule has 0 aliphatic heterocycles. The van der Waals surface area contributed by atoms with Crippen LogP contribution in [0.5, 0.6) is 0 Å². The summed E-state index contributed by atoms with van der Waals surface area (Å²) in [6.07, 6.45) is -0.145. The van der Waals surface area contributed by atoms with Crippen molar-refractivity contribution in [2.24, 2.45) is 0 Å². The third-order valence-electron chi connectivity index (χ3n) is 1.83. The van der Waals surface area contributed by atoms with Crippen LogP contribution in [0.1, 0.15) is 25.5 Å². The van der Waals surface area contributed by atoms with Gasteiger partial charge in [0.1, 0.15) is 6.04 Å². The van der Waals surface area contributed by atoms with Gasteiger partial charge in [-0.1, -0.05) is 30.3 Å². The molecule has 0 fully saturated rings. The van der Waals surface area contributed by atoms with E-state index in [0.29, 0.717) is 0 Å². The predicted octanol–water partition coefficient (Wildman–Crippen LogP) is 2.42. The van der Waals surface area contributed by atoms with E-state index in [1.807, 2.05) is 30.3 Å². The Labute approximate surface area is 94.5 Å². The lowest BCUT2D eigenvalue weighted by Gasteiger charge is -2.16. The Balaban J connectivity index is 2.76. The standard InChI is InChI=1S/C11H14ClNO2/c1-8(2)15-11(14)10(13-12)9-6-4-3-5-7-9/h3-8,10,13H,1-2H3. The Kier molecular flexibility index (Phi) is 4.59. The van der Waals surface area contributed by atoms with Crippen LogP contribution in [0, 0.1) is 0 Å². The summed E-state index contributed by atoms with van der Waals surface area (Å²) in [6.45, 7) is 3.60. The molecule has 0 aromatic heterocycles. The van der Waals surface area contributed by atoms with Crippen LogP contribution in [0.2, 0.25) is 0 Å². The molecule has 82 valence electrons. The number of hydrogen-bond acceptors (Lipinski definition) is 3. The number of carbonyl (C=O) groups excluding carboxylic acids is 1. The van der Waals surface area contributed by atoms with Gasteiger partial charge in [0.05, 0.1) is 6.10 Å². The highest BCUT2D eigenvalue weighted by Crippen LogP contribution is 2.15. The molecule has 4 heteroatoms. The molecule has 1 atom stereocenters. The van der Waals surface area contributed by atoms with Crippen LogP contribution in [0.15, 0.2) is 30.3 Å². The number of benzene rings is 1. The first-order chi connectivity index (χ1) is 7.15. The lowest BCUT2D eigenvalue weighted by Crippen LogP contribution is -2.26. The molecule has 1 aromatic rings. The summed E-state index contributed by atoms with van der Waals surface area (Å²) in [5.41, 5.74) is 0.790.